The van der Waals surface area contributed by atoms with Gasteiger partial charge in [0.15, 0.2) is 0 Å². The second-order valence-corrected chi connectivity index (χ2v) is 6.12. The van der Waals surface area contributed by atoms with Gasteiger partial charge < -0.3 is 15.7 Å². The van der Waals surface area contributed by atoms with E-state index >= 15 is 0 Å². The highest BCUT2D eigenvalue weighted by molar-refractivity contribution is 5.78. The molecule has 0 radical (unpaired) electrons. The van der Waals surface area contributed by atoms with Gasteiger partial charge in [-0.2, -0.15) is 0 Å². The van der Waals surface area contributed by atoms with E-state index in [1.165, 1.54) is 12.0 Å². The molecule has 4 nitrogen and oxygen atoms in total. The van der Waals surface area contributed by atoms with Crippen LogP contribution in [-0.4, -0.2) is 41.1 Å². The molecule has 1 fully saturated rings. The quantitative estimate of drug-likeness (QED) is 0.809. The Hall–Kier alpha value is -1.39. The third-order valence-electron chi connectivity index (χ3n) is 4.70. The molecule has 0 saturated carbocycles. The summed E-state index contributed by atoms with van der Waals surface area (Å²) in [7, 11) is 0. The fourth-order valence-corrected chi connectivity index (χ4v) is 3.09. The molecule has 0 bridgehead atoms. The van der Waals surface area contributed by atoms with Crippen molar-refractivity contribution in [2.45, 2.75) is 44.1 Å². The third kappa shape index (κ3) is 4.05. The van der Waals surface area contributed by atoms with Crippen LogP contribution in [0, 0.1) is 0 Å². The predicted octanol–water partition coefficient (Wildman–Crippen LogP) is 2.45. The van der Waals surface area contributed by atoms with E-state index < -0.39 is 11.5 Å². The fraction of sp³-hybridized carbons (Fsp3) is 0.588. The molecule has 1 aromatic carbocycles. The summed E-state index contributed by atoms with van der Waals surface area (Å²) in [6.45, 7) is 4.95. The molecular weight excluding hydrogens is 264 g/mol. The second-order valence-electron chi connectivity index (χ2n) is 6.12. The topological polar surface area (TPSA) is 66.6 Å². The Morgan fingerprint density at radius 1 is 1.43 bits per heavy atom. The van der Waals surface area contributed by atoms with E-state index in [0.29, 0.717) is 18.8 Å². The molecule has 1 aromatic rings. The van der Waals surface area contributed by atoms with E-state index in [-0.39, 0.29) is 0 Å². The first kappa shape index (κ1) is 16.0. The molecule has 0 spiro atoms. The van der Waals surface area contributed by atoms with E-state index in [1.807, 2.05) is 13.0 Å². The molecule has 1 aliphatic rings. The Kier molecular flexibility index (Phi) is 5.37. The average molecular weight is 290 g/mol. The van der Waals surface area contributed by atoms with Gasteiger partial charge in [0.05, 0.1) is 0 Å². The van der Waals surface area contributed by atoms with Gasteiger partial charge in [-0.05, 0) is 50.3 Å². The van der Waals surface area contributed by atoms with Gasteiger partial charge >= 0.3 is 5.97 Å². The molecule has 116 valence electrons. The van der Waals surface area contributed by atoms with Crippen LogP contribution in [0.2, 0.25) is 0 Å². The van der Waals surface area contributed by atoms with Crippen LogP contribution in [0.5, 0.6) is 0 Å². The summed E-state index contributed by atoms with van der Waals surface area (Å²) in [5, 5.41) is 9.18. The summed E-state index contributed by atoms with van der Waals surface area (Å²) in [5.74, 6) is -0.270. The van der Waals surface area contributed by atoms with Crippen molar-refractivity contribution < 1.29 is 9.90 Å². The highest BCUT2D eigenvalue weighted by Gasteiger charge is 2.31. The second kappa shape index (κ2) is 7.05. The van der Waals surface area contributed by atoms with Crippen molar-refractivity contribution in [2.75, 3.05) is 19.6 Å². The van der Waals surface area contributed by atoms with Gasteiger partial charge in [-0.1, -0.05) is 37.3 Å². The number of carbonyl (C=O) groups is 1. The Balaban J connectivity index is 1.77. The van der Waals surface area contributed by atoms with Gasteiger partial charge in [-0.3, -0.25) is 4.79 Å². The number of aliphatic carboxylic acids is 1. The summed E-state index contributed by atoms with van der Waals surface area (Å²) in [6, 6.07) is 10.6. The number of likely N-dealkylation sites (tertiary alicyclic amines) is 1. The Morgan fingerprint density at radius 2 is 2.14 bits per heavy atom. The zero-order valence-corrected chi connectivity index (χ0v) is 12.8. The molecule has 1 heterocycles. The summed E-state index contributed by atoms with van der Waals surface area (Å²) in [5.41, 5.74) is 6.28. The van der Waals surface area contributed by atoms with Crippen LogP contribution in [0.4, 0.5) is 0 Å². The van der Waals surface area contributed by atoms with Crippen molar-refractivity contribution in [2.24, 2.45) is 5.73 Å². The van der Waals surface area contributed by atoms with Crippen LogP contribution < -0.4 is 5.73 Å². The highest BCUT2D eigenvalue weighted by Crippen LogP contribution is 2.27. The largest absolute Gasteiger partial charge is 0.480 e. The van der Waals surface area contributed by atoms with Crippen LogP contribution in [0.25, 0.3) is 0 Å². The number of carboxylic acid groups (broad SMARTS) is 1. The summed E-state index contributed by atoms with van der Waals surface area (Å²) >= 11 is 0. The smallest absolute Gasteiger partial charge is 0.323 e. The van der Waals surface area contributed by atoms with Crippen molar-refractivity contribution >= 4 is 5.97 Å². The predicted molar refractivity (Wildman–Crippen MR) is 84.3 cm³/mol. The maximum Gasteiger partial charge on any atom is 0.323 e. The van der Waals surface area contributed by atoms with E-state index in [2.05, 4.69) is 29.2 Å². The lowest BCUT2D eigenvalue weighted by molar-refractivity contribution is -0.143. The standard InChI is InChI=1S/C17H26N2O2/c1-2-17(18,16(20)21)10-6-11-19-12-9-15(13-19)14-7-4-3-5-8-14/h3-5,7-8,15H,2,6,9-13,18H2,1H3,(H,20,21). The zero-order valence-electron chi connectivity index (χ0n) is 12.8. The minimum atomic E-state index is -1.06. The van der Waals surface area contributed by atoms with Crippen molar-refractivity contribution in [3.8, 4) is 0 Å². The molecule has 0 amide bonds. The van der Waals surface area contributed by atoms with Crippen LogP contribution in [0.15, 0.2) is 30.3 Å². The maximum absolute atomic E-state index is 11.2. The van der Waals surface area contributed by atoms with Crippen LogP contribution in [-0.2, 0) is 4.79 Å². The molecule has 0 aliphatic carbocycles. The van der Waals surface area contributed by atoms with E-state index in [0.717, 1.165) is 26.1 Å². The Bertz CT molecular complexity index is 463. The number of hydrogen-bond acceptors (Lipinski definition) is 3. The lowest BCUT2D eigenvalue weighted by Crippen LogP contribution is -2.47. The van der Waals surface area contributed by atoms with Gasteiger partial charge in [0, 0.05) is 6.54 Å². The number of benzene rings is 1. The SMILES string of the molecule is CCC(N)(CCCN1CCC(c2ccccc2)C1)C(=O)O. The van der Waals surface area contributed by atoms with E-state index in [1.54, 1.807) is 0 Å². The fourth-order valence-electron chi connectivity index (χ4n) is 3.09. The first-order valence-corrected chi connectivity index (χ1v) is 7.85. The van der Waals surface area contributed by atoms with Crippen LogP contribution in [0.3, 0.4) is 0 Å². The number of nitrogens with zero attached hydrogens (tertiary/aromatic N) is 1. The van der Waals surface area contributed by atoms with Gasteiger partial charge in [0.1, 0.15) is 5.54 Å². The number of hydrogen-bond donors (Lipinski definition) is 2. The summed E-state index contributed by atoms with van der Waals surface area (Å²) in [4.78, 5) is 13.6. The van der Waals surface area contributed by atoms with Gasteiger partial charge in [-0.15, -0.1) is 0 Å². The third-order valence-corrected chi connectivity index (χ3v) is 4.70. The molecular formula is C17H26N2O2. The van der Waals surface area contributed by atoms with Crippen molar-refractivity contribution in [1.82, 2.24) is 4.90 Å². The van der Waals surface area contributed by atoms with Gasteiger partial charge in [0.2, 0.25) is 0 Å². The molecule has 2 unspecified atom stereocenters. The number of carboxylic acids is 1. The molecule has 21 heavy (non-hydrogen) atoms. The summed E-state index contributed by atoms with van der Waals surface area (Å²) < 4.78 is 0. The first-order chi connectivity index (χ1) is 10.0. The minimum absolute atomic E-state index is 0.481. The number of nitrogens with two attached hydrogens (primary N) is 1. The number of rotatable bonds is 7. The molecule has 1 saturated heterocycles. The molecule has 4 heteroatoms. The molecule has 1 aliphatic heterocycles. The molecule has 0 aromatic heterocycles. The monoisotopic (exact) mass is 290 g/mol. The molecule has 3 N–H and O–H groups in total. The lowest BCUT2D eigenvalue weighted by Gasteiger charge is -2.24. The normalized spacial score (nSPS) is 22.1. The highest BCUT2D eigenvalue weighted by atomic mass is 16.4. The molecule has 2 rings (SSSR count). The van der Waals surface area contributed by atoms with Gasteiger partial charge in [0.25, 0.3) is 0 Å². The van der Waals surface area contributed by atoms with Crippen molar-refractivity contribution in [3.63, 3.8) is 0 Å². The van der Waals surface area contributed by atoms with Crippen molar-refractivity contribution in [1.29, 1.82) is 0 Å². The van der Waals surface area contributed by atoms with E-state index in [9.17, 15) is 9.90 Å². The maximum atomic E-state index is 11.2. The Labute approximate surface area is 126 Å². The summed E-state index contributed by atoms with van der Waals surface area (Å²) in [6.07, 6.45) is 3.06. The average Bonchev–Trinajstić information content (AvgIpc) is 2.96. The van der Waals surface area contributed by atoms with Crippen LogP contribution >= 0.6 is 0 Å². The van der Waals surface area contributed by atoms with E-state index in [4.69, 9.17) is 5.73 Å². The lowest BCUT2D eigenvalue weighted by atomic mass is 9.92. The van der Waals surface area contributed by atoms with Gasteiger partial charge in [-0.25, -0.2) is 0 Å². The first-order valence-electron chi connectivity index (χ1n) is 7.85. The van der Waals surface area contributed by atoms with Crippen LogP contribution in [0.1, 0.15) is 44.1 Å². The minimum Gasteiger partial charge on any atom is -0.480 e. The molecule has 2 atom stereocenters. The zero-order chi connectivity index (χ0) is 15.3. The Morgan fingerprint density at radius 3 is 2.76 bits per heavy atom. The van der Waals surface area contributed by atoms with Crippen molar-refractivity contribution in [3.05, 3.63) is 35.9 Å².